The highest BCUT2D eigenvalue weighted by Gasteiger charge is 2.09. The average molecular weight is 230 g/mol. The second-order valence-electron chi connectivity index (χ2n) is 3.88. The first-order valence-electron chi connectivity index (χ1n) is 5.18. The minimum Gasteiger partial charge on any atom is -0.296 e. The van der Waals surface area contributed by atoms with E-state index < -0.39 is 0 Å². The maximum atomic E-state index is 13.0. The first kappa shape index (κ1) is 12.5. The molecule has 0 aliphatic heterocycles. The Morgan fingerprint density at radius 1 is 1.40 bits per heavy atom. The van der Waals surface area contributed by atoms with Gasteiger partial charge in [0.1, 0.15) is 5.82 Å². The van der Waals surface area contributed by atoms with Crippen molar-refractivity contribution in [2.24, 2.45) is 0 Å². The summed E-state index contributed by atoms with van der Waals surface area (Å²) >= 11 is 5.72. The summed E-state index contributed by atoms with van der Waals surface area (Å²) in [6, 6.07) is 7.14. The van der Waals surface area contributed by atoms with Crippen LogP contribution in [0.3, 0.4) is 0 Å². The predicted molar refractivity (Wildman–Crippen MR) is 62.7 cm³/mol. The lowest BCUT2D eigenvalue weighted by Crippen LogP contribution is -2.32. The first-order valence-corrected chi connectivity index (χ1v) is 5.71. The van der Waals surface area contributed by atoms with Crippen molar-refractivity contribution in [2.45, 2.75) is 26.4 Å². The highest BCUT2D eigenvalue weighted by molar-refractivity contribution is 6.18. The van der Waals surface area contributed by atoms with E-state index in [1.165, 1.54) is 6.07 Å². The fourth-order valence-corrected chi connectivity index (χ4v) is 1.72. The van der Waals surface area contributed by atoms with Crippen molar-refractivity contribution in [3.63, 3.8) is 0 Å². The summed E-state index contributed by atoms with van der Waals surface area (Å²) in [7, 11) is 0. The van der Waals surface area contributed by atoms with Crippen molar-refractivity contribution >= 4 is 11.6 Å². The summed E-state index contributed by atoms with van der Waals surface area (Å²) in [6.45, 7) is 5.82. The maximum Gasteiger partial charge on any atom is 0.123 e. The predicted octanol–water partition coefficient (Wildman–Crippen LogP) is 3.27. The Balaban J connectivity index is 2.65. The van der Waals surface area contributed by atoms with Crippen LogP contribution in [0, 0.1) is 5.82 Å². The number of halogens is 2. The zero-order chi connectivity index (χ0) is 11.3. The van der Waals surface area contributed by atoms with E-state index in [-0.39, 0.29) is 5.82 Å². The second-order valence-corrected chi connectivity index (χ2v) is 4.26. The molecule has 0 N–H and O–H groups in total. The SMILES string of the molecule is CC(C)N(CCCl)Cc1cccc(F)c1. The maximum absolute atomic E-state index is 13.0. The van der Waals surface area contributed by atoms with Crippen molar-refractivity contribution in [3.05, 3.63) is 35.6 Å². The van der Waals surface area contributed by atoms with Gasteiger partial charge in [-0.25, -0.2) is 4.39 Å². The topological polar surface area (TPSA) is 3.24 Å². The summed E-state index contributed by atoms with van der Waals surface area (Å²) in [5, 5.41) is 0. The van der Waals surface area contributed by atoms with Crippen molar-refractivity contribution in [1.29, 1.82) is 0 Å². The molecule has 84 valence electrons. The first-order chi connectivity index (χ1) is 7.13. The summed E-state index contributed by atoms with van der Waals surface area (Å²) in [4.78, 5) is 2.22. The number of alkyl halides is 1. The summed E-state index contributed by atoms with van der Waals surface area (Å²) in [6.07, 6.45) is 0. The zero-order valence-corrected chi connectivity index (χ0v) is 9.97. The monoisotopic (exact) mass is 229 g/mol. The van der Waals surface area contributed by atoms with Crippen LogP contribution >= 0.6 is 11.6 Å². The number of rotatable bonds is 5. The third-order valence-corrected chi connectivity index (χ3v) is 2.55. The molecular weight excluding hydrogens is 213 g/mol. The number of hydrogen-bond acceptors (Lipinski definition) is 1. The van der Waals surface area contributed by atoms with Gasteiger partial charge in [-0.3, -0.25) is 4.90 Å². The molecular formula is C12H17ClFN. The van der Waals surface area contributed by atoms with Gasteiger partial charge in [0.15, 0.2) is 0 Å². The molecule has 1 aromatic carbocycles. The molecule has 3 heteroatoms. The molecule has 0 atom stereocenters. The molecule has 1 rings (SSSR count). The van der Waals surface area contributed by atoms with Crippen LogP contribution in [0.2, 0.25) is 0 Å². The van der Waals surface area contributed by atoms with Gasteiger partial charge in [0.2, 0.25) is 0 Å². The van der Waals surface area contributed by atoms with Gasteiger partial charge in [0.05, 0.1) is 0 Å². The number of benzene rings is 1. The van der Waals surface area contributed by atoms with E-state index in [1.54, 1.807) is 12.1 Å². The van der Waals surface area contributed by atoms with Crippen LogP contribution in [0.1, 0.15) is 19.4 Å². The summed E-state index contributed by atoms with van der Waals surface area (Å²) < 4.78 is 13.0. The van der Waals surface area contributed by atoms with E-state index >= 15 is 0 Å². The van der Waals surface area contributed by atoms with Crippen LogP contribution in [-0.2, 0) is 6.54 Å². The molecule has 0 aromatic heterocycles. The van der Waals surface area contributed by atoms with Gasteiger partial charge in [-0.15, -0.1) is 11.6 Å². The Bertz CT molecular complexity index is 301. The highest BCUT2D eigenvalue weighted by Crippen LogP contribution is 2.09. The fraction of sp³-hybridized carbons (Fsp3) is 0.500. The molecule has 15 heavy (non-hydrogen) atoms. The molecule has 0 heterocycles. The Morgan fingerprint density at radius 3 is 2.67 bits per heavy atom. The van der Waals surface area contributed by atoms with Gasteiger partial charge >= 0.3 is 0 Å². The third-order valence-electron chi connectivity index (χ3n) is 2.38. The normalized spacial score (nSPS) is 11.3. The standard InChI is InChI=1S/C12H17ClFN/c1-10(2)15(7-6-13)9-11-4-3-5-12(14)8-11/h3-5,8,10H,6-7,9H2,1-2H3. The summed E-state index contributed by atoms with van der Waals surface area (Å²) in [5.74, 6) is 0.426. The van der Waals surface area contributed by atoms with Crippen LogP contribution in [0.15, 0.2) is 24.3 Å². The number of hydrogen-bond donors (Lipinski definition) is 0. The van der Waals surface area contributed by atoms with Crippen molar-refractivity contribution in [1.82, 2.24) is 4.90 Å². The van der Waals surface area contributed by atoms with Crippen LogP contribution in [0.4, 0.5) is 4.39 Å². The van der Waals surface area contributed by atoms with Crippen molar-refractivity contribution < 1.29 is 4.39 Å². The van der Waals surface area contributed by atoms with E-state index in [0.717, 1.165) is 18.7 Å². The van der Waals surface area contributed by atoms with Gasteiger partial charge in [0.25, 0.3) is 0 Å². The van der Waals surface area contributed by atoms with E-state index in [1.807, 2.05) is 6.07 Å². The van der Waals surface area contributed by atoms with E-state index in [2.05, 4.69) is 18.7 Å². The Morgan fingerprint density at radius 2 is 2.13 bits per heavy atom. The Kier molecular flexibility index (Phi) is 5.06. The zero-order valence-electron chi connectivity index (χ0n) is 9.21. The lowest BCUT2D eigenvalue weighted by Gasteiger charge is -2.25. The average Bonchev–Trinajstić information content (AvgIpc) is 2.17. The van der Waals surface area contributed by atoms with Gasteiger partial charge in [-0.05, 0) is 31.5 Å². The molecule has 0 radical (unpaired) electrons. The smallest absolute Gasteiger partial charge is 0.123 e. The lowest BCUT2D eigenvalue weighted by atomic mass is 10.2. The van der Waals surface area contributed by atoms with Crippen molar-refractivity contribution in [3.8, 4) is 0 Å². The molecule has 0 aliphatic rings. The quantitative estimate of drug-likeness (QED) is 0.701. The minimum atomic E-state index is -0.179. The highest BCUT2D eigenvalue weighted by atomic mass is 35.5. The lowest BCUT2D eigenvalue weighted by molar-refractivity contribution is 0.226. The number of nitrogens with zero attached hydrogens (tertiary/aromatic N) is 1. The molecule has 0 spiro atoms. The molecule has 0 fully saturated rings. The fourth-order valence-electron chi connectivity index (χ4n) is 1.50. The van der Waals surface area contributed by atoms with E-state index in [9.17, 15) is 4.39 Å². The van der Waals surface area contributed by atoms with Crippen LogP contribution in [-0.4, -0.2) is 23.4 Å². The Labute approximate surface area is 95.8 Å². The molecule has 0 bridgehead atoms. The molecule has 0 saturated carbocycles. The van der Waals surface area contributed by atoms with Gasteiger partial charge in [0, 0.05) is 25.0 Å². The molecule has 1 nitrogen and oxygen atoms in total. The van der Waals surface area contributed by atoms with Crippen molar-refractivity contribution in [2.75, 3.05) is 12.4 Å². The van der Waals surface area contributed by atoms with Crippen LogP contribution < -0.4 is 0 Å². The van der Waals surface area contributed by atoms with Gasteiger partial charge in [-0.1, -0.05) is 12.1 Å². The third kappa shape index (κ3) is 4.18. The van der Waals surface area contributed by atoms with Crippen LogP contribution in [0.25, 0.3) is 0 Å². The molecule has 0 aliphatic carbocycles. The molecule has 1 aromatic rings. The van der Waals surface area contributed by atoms with Crippen LogP contribution in [0.5, 0.6) is 0 Å². The summed E-state index contributed by atoms with van der Waals surface area (Å²) in [5.41, 5.74) is 0.994. The van der Waals surface area contributed by atoms with E-state index in [4.69, 9.17) is 11.6 Å². The molecule has 0 unspecified atom stereocenters. The van der Waals surface area contributed by atoms with E-state index in [0.29, 0.717) is 11.9 Å². The Hall–Kier alpha value is -0.600. The molecule has 0 amide bonds. The van der Waals surface area contributed by atoms with Gasteiger partial charge in [-0.2, -0.15) is 0 Å². The van der Waals surface area contributed by atoms with Gasteiger partial charge < -0.3 is 0 Å². The largest absolute Gasteiger partial charge is 0.296 e. The molecule has 0 saturated heterocycles. The second kappa shape index (κ2) is 6.09. The minimum absolute atomic E-state index is 0.179.